The van der Waals surface area contributed by atoms with Crippen molar-refractivity contribution in [3.05, 3.63) is 57.5 Å². The summed E-state index contributed by atoms with van der Waals surface area (Å²) in [5.41, 5.74) is 0.946. The molecular formula is C19H22BrClN2O5S. The van der Waals surface area contributed by atoms with Crippen molar-refractivity contribution in [3.63, 3.8) is 0 Å². The molecule has 7 nitrogen and oxygen atoms in total. The number of ether oxygens (including phenoxy) is 2. The molecule has 0 bridgehead atoms. The van der Waals surface area contributed by atoms with E-state index in [0.717, 1.165) is 10.0 Å². The van der Waals surface area contributed by atoms with Crippen LogP contribution >= 0.6 is 27.5 Å². The van der Waals surface area contributed by atoms with Crippen LogP contribution in [0.5, 0.6) is 5.75 Å². The third kappa shape index (κ3) is 7.27. The molecular weight excluding hydrogens is 484 g/mol. The molecule has 29 heavy (non-hydrogen) atoms. The van der Waals surface area contributed by atoms with Crippen LogP contribution in [0.1, 0.15) is 18.5 Å². The molecule has 1 unspecified atom stereocenters. The molecule has 2 aromatic carbocycles. The Labute approximate surface area is 183 Å². The SMILES string of the molecule is COCCNS(=O)(=O)c1ccc(OCC(=O)NC(C)c2cccc(Br)c2)c(Cl)c1. The molecule has 0 spiro atoms. The van der Waals surface area contributed by atoms with Gasteiger partial charge in [0.15, 0.2) is 6.61 Å². The first-order valence-electron chi connectivity index (χ1n) is 8.68. The Morgan fingerprint density at radius 2 is 2.00 bits per heavy atom. The van der Waals surface area contributed by atoms with Crippen LogP contribution in [0.2, 0.25) is 5.02 Å². The second kappa shape index (κ2) is 10.9. The summed E-state index contributed by atoms with van der Waals surface area (Å²) in [6, 6.07) is 11.5. The maximum Gasteiger partial charge on any atom is 0.258 e. The van der Waals surface area contributed by atoms with Crippen molar-refractivity contribution >= 4 is 43.5 Å². The number of methoxy groups -OCH3 is 1. The van der Waals surface area contributed by atoms with Crippen molar-refractivity contribution in [3.8, 4) is 5.75 Å². The third-order valence-corrected chi connectivity index (χ3v) is 6.14. The molecule has 10 heteroatoms. The fourth-order valence-electron chi connectivity index (χ4n) is 2.41. The van der Waals surface area contributed by atoms with Crippen molar-refractivity contribution in [1.29, 1.82) is 0 Å². The molecule has 0 heterocycles. The standard InChI is InChI=1S/C19H22BrClN2O5S/c1-13(14-4-3-5-15(20)10-14)23-19(24)12-28-18-7-6-16(11-17(18)21)29(25,26)22-8-9-27-2/h3-7,10-11,13,22H,8-9,12H2,1-2H3,(H,23,24). The van der Waals surface area contributed by atoms with Gasteiger partial charge in [-0.25, -0.2) is 13.1 Å². The van der Waals surface area contributed by atoms with Gasteiger partial charge in [-0.3, -0.25) is 4.79 Å². The highest BCUT2D eigenvalue weighted by molar-refractivity contribution is 9.10. The maximum atomic E-state index is 12.2. The molecule has 0 saturated carbocycles. The zero-order valence-electron chi connectivity index (χ0n) is 15.9. The molecule has 0 aromatic heterocycles. The molecule has 2 rings (SSSR count). The summed E-state index contributed by atoms with van der Waals surface area (Å²) >= 11 is 9.52. The van der Waals surface area contributed by atoms with Gasteiger partial charge >= 0.3 is 0 Å². The first kappa shape index (κ1) is 23.6. The number of hydrogen-bond acceptors (Lipinski definition) is 5. The predicted octanol–water partition coefficient (Wildman–Crippen LogP) is 3.28. The molecule has 0 fully saturated rings. The quantitative estimate of drug-likeness (QED) is 0.483. The predicted molar refractivity (Wildman–Crippen MR) is 115 cm³/mol. The van der Waals surface area contributed by atoms with Gasteiger partial charge in [-0.2, -0.15) is 0 Å². The van der Waals surface area contributed by atoms with Crippen LogP contribution in [-0.4, -0.2) is 41.2 Å². The molecule has 0 saturated heterocycles. The second-order valence-electron chi connectivity index (χ2n) is 6.12. The number of halogens is 2. The molecule has 158 valence electrons. The van der Waals surface area contributed by atoms with Crippen LogP contribution < -0.4 is 14.8 Å². The lowest BCUT2D eigenvalue weighted by atomic mass is 10.1. The minimum absolute atomic E-state index is 0.00122. The number of benzene rings is 2. The Kier molecular flexibility index (Phi) is 8.91. The lowest BCUT2D eigenvalue weighted by molar-refractivity contribution is -0.123. The van der Waals surface area contributed by atoms with E-state index in [0.29, 0.717) is 0 Å². The normalized spacial score (nSPS) is 12.4. The van der Waals surface area contributed by atoms with Gasteiger partial charge in [-0.05, 0) is 42.8 Å². The molecule has 1 atom stereocenters. The number of rotatable bonds is 10. The van der Waals surface area contributed by atoms with Crippen LogP contribution in [0.25, 0.3) is 0 Å². The smallest absolute Gasteiger partial charge is 0.258 e. The average Bonchev–Trinajstić information content (AvgIpc) is 2.67. The third-order valence-electron chi connectivity index (χ3n) is 3.90. The Bertz CT molecular complexity index is 955. The summed E-state index contributed by atoms with van der Waals surface area (Å²) in [5.74, 6) is -0.112. The van der Waals surface area contributed by atoms with E-state index in [4.69, 9.17) is 21.1 Å². The summed E-state index contributed by atoms with van der Waals surface area (Å²) in [7, 11) is -2.23. The van der Waals surface area contributed by atoms with Gasteiger partial charge in [0.1, 0.15) is 5.75 Å². The highest BCUT2D eigenvalue weighted by atomic mass is 79.9. The maximum absolute atomic E-state index is 12.2. The summed E-state index contributed by atoms with van der Waals surface area (Å²) in [6.07, 6.45) is 0. The first-order chi connectivity index (χ1) is 13.7. The monoisotopic (exact) mass is 504 g/mol. The van der Waals surface area contributed by atoms with E-state index in [-0.39, 0.29) is 47.4 Å². The zero-order valence-corrected chi connectivity index (χ0v) is 19.1. The minimum atomic E-state index is -3.71. The van der Waals surface area contributed by atoms with E-state index in [1.165, 1.54) is 25.3 Å². The van der Waals surface area contributed by atoms with Gasteiger partial charge in [0, 0.05) is 18.1 Å². The van der Waals surface area contributed by atoms with Crippen LogP contribution in [0.15, 0.2) is 51.8 Å². The van der Waals surface area contributed by atoms with Crippen LogP contribution in [0, 0.1) is 0 Å². The summed E-state index contributed by atoms with van der Waals surface area (Å²) in [5, 5.41) is 2.92. The fourth-order valence-corrected chi connectivity index (χ4v) is 4.17. The highest BCUT2D eigenvalue weighted by Gasteiger charge is 2.16. The highest BCUT2D eigenvalue weighted by Crippen LogP contribution is 2.27. The number of nitrogens with one attached hydrogen (secondary N) is 2. The molecule has 0 aliphatic carbocycles. The largest absolute Gasteiger partial charge is 0.482 e. The van der Waals surface area contributed by atoms with Gasteiger partial charge in [-0.1, -0.05) is 39.7 Å². The van der Waals surface area contributed by atoms with Crippen LogP contribution in [0.4, 0.5) is 0 Å². The molecule has 2 aromatic rings. The number of hydrogen-bond donors (Lipinski definition) is 2. The van der Waals surface area contributed by atoms with Crippen LogP contribution in [0.3, 0.4) is 0 Å². The van der Waals surface area contributed by atoms with Gasteiger partial charge in [-0.15, -0.1) is 0 Å². The Balaban J connectivity index is 1.94. The van der Waals surface area contributed by atoms with E-state index in [9.17, 15) is 13.2 Å². The fraction of sp³-hybridized carbons (Fsp3) is 0.316. The van der Waals surface area contributed by atoms with Gasteiger partial charge < -0.3 is 14.8 Å². The van der Waals surface area contributed by atoms with Gasteiger partial charge in [0.2, 0.25) is 10.0 Å². The Hall–Kier alpha value is -1.65. The van der Waals surface area contributed by atoms with Gasteiger partial charge in [0.05, 0.1) is 22.6 Å². The minimum Gasteiger partial charge on any atom is -0.482 e. The first-order valence-corrected chi connectivity index (χ1v) is 11.3. The summed E-state index contributed by atoms with van der Waals surface area (Å²) in [6.45, 7) is 2.01. The van der Waals surface area contributed by atoms with Crippen molar-refractivity contribution < 1.29 is 22.7 Å². The Morgan fingerprint density at radius 1 is 1.24 bits per heavy atom. The number of amides is 1. The summed E-state index contributed by atoms with van der Waals surface area (Å²) < 4.78 is 37.9. The van der Waals surface area contributed by atoms with Crippen LogP contribution in [-0.2, 0) is 19.6 Å². The van der Waals surface area contributed by atoms with Crippen molar-refractivity contribution in [2.45, 2.75) is 17.9 Å². The van der Waals surface area contributed by atoms with Gasteiger partial charge in [0.25, 0.3) is 5.91 Å². The average molecular weight is 506 g/mol. The number of carbonyl (C=O) groups excluding carboxylic acids is 1. The number of carbonyl (C=O) groups is 1. The lowest BCUT2D eigenvalue weighted by Crippen LogP contribution is -2.31. The molecule has 0 aliphatic rings. The van der Waals surface area contributed by atoms with Crippen molar-refractivity contribution in [1.82, 2.24) is 10.0 Å². The molecule has 0 radical (unpaired) electrons. The van der Waals surface area contributed by atoms with E-state index >= 15 is 0 Å². The zero-order chi connectivity index (χ0) is 21.4. The Morgan fingerprint density at radius 3 is 2.66 bits per heavy atom. The molecule has 1 amide bonds. The van der Waals surface area contributed by atoms with E-state index in [2.05, 4.69) is 26.0 Å². The molecule has 0 aliphatic heterocycles. The van der Waals surface area contributed by atoms with Crippen molar-refractivity contribution in [2.75, 3.05) is 26.9 Å². The van der Waals surface area contributed by atoms with E-state index < -0.39 is 10.0 Å². The topological polar surface area (TPSA) is 93.7 Å². The molecule has 2 N–H and O–H groups in total. The number of sulfonamides is 1. The van der Waals surface area contributed by atoms with Crippen molar-refractivity contribution in [2.24, 2.45) is 0 Å². The lowest BCUT2D eigenvalue weighted by Gasteiger charge is -2.15. The van der Waals surface area contributed by atoms with E-state index in [1.54, 1.807) is 0 Å². The second-order valence-corrected chi connectivity index (χ2v) is 9.21. The van der Waals surface area contributed by atoms with E-state index in [1.807, 2.05) is 31.2 Å². The summed E-state index contributed by atoms with van der Waals surface area (Å²) in [4.78, 5) is 12.2.